The van der Waals surface area contributed by atoms with E-state index in [1.54, 1.807) is 6.20 Å². The second-order valence-corrected chi connectivity index (χ2v) is 4.59. The average Bonchev–Trinajstić information content (AvgIpc) is 2.91. The minimum atomic E-state index is 0. The molecule has 114 valence electrons. The zero-order valence-electron chi connectivity index (χ0n) is 12.2. The van der Waals surface area contributed by atoms with Crippen LogP contribution >= 0.6 is 24.0 Å². The maximum atomic E-state index is 5.78. The van der Waals surface area contributed by atoms with E-state index in [4.69, 9.17) is 5.73 Å². The van der Waals surface area contributed by atoms with E-state index in [1.165, 1.54) is 5.56 Å². The summed E-state index contributed by atoms with van der Waals surface area (Å²) in [6.45, 7) is 4.22. The van der Waals surface area contributed by atoms with Gasteiger partial charge in [0.25, 0.3) is 0 Å². The third kappa shape index (κ3) is 5.74. The Morgan fingerprint density at radius 2 is 2.10 bits per heavy atom. The van der Waals surface area contributed by atoms with Crippen LogP contribution < -0.4 is 11.1 Å². The van der Waals surface area contributed by atoms with E-state index in [0.717, 1.165) is 25.3 Å². The maximum absolute atomic E-state index is 5.78. The van der Waals surface area contributed by atoms with Gasteiger partial charge in [0.05, 0.1) is 0 Å². The zero-order chi connectivity index (χ0) is 14.2. The molecule has 2 rings (SSSR count). The van der Waals surface area contributed by atoms with Crippen molar-refractivity contribution in [3.05, 3.63) is 54.1 Å². The molecule has 0 bridgehead atoms. The number of rotatable bonds is 6. The molecule has 2 aromatic rings. The van der Waals surface area contributed by atoms with Crippen LogP contribution in [0.25, 0.3) is 0 Å². The summed E-state index contributed by atoms with van der Waals surface area (Å²) in [4.78, 5) is 8.64. The first-order chi connectivity index (χ1) is 9.79. The molecule has 0 saturated carbocycles. The molecule has 0 aliphatic rings. The lowest BCUT2D eigenvalue weighted by Crippen LogP contribution is -2.32. The Morgan fingerprint density at radius 3 is 2.81 bits per heavy atom. The monoisotopic (exact) mass is 399 g/mol. The molecule has 0 amide bonds. The normalized spacial score (nSPS) is 11.0. The van der Waals surface area contributed by atoms with Crippen LogP contribution in [0.2, 0.25) is 0 Å². The van der Waals surface area contributed by atoms with Crippen molar-refractivity contribution in [3.63, 3.8) is 0 Å². The van der Waals surface area contributed by atoms with Crippen molar-refractivity contribution in [2.75, 3.05) is 6.54 Å². The molecule has 21 heavy (non-hydrogen) atoms. The Bertz CT molecular complexity index is 550. The first kappa shape index (κ1) is 17.5. The lowest BCUT2D eigenvalue weighted by atomic mass is 10.2. The zero-order valence-corrected chi connectivity index (χ0v) is 14.5. The minimum Gasteiger partial charge on any atom is -0.370 e. The predicted octanol–water partition coefficient (Wildman–Crippen LogP) is 2.36. The minimum absolute atomic E-state index is 0. The molecule has 0 saturated heterocycles. The van der Waals surface area contributed by atoms with Crippen molar-refractivity contribution in [2.45, 2.75) is 26.4 Å². The standard InChI is InChI=1S/C15H21N5.HI/c1-2-8-18-15(16)19-11-14-17-9-10-20(14)12-13-6-4-3-5-7-13;/h3-7,9-10H,2,8,11-12H2,1H3,(H3,16,18,19);1H. The van der Waals surface area contributed by atoms with Gasteiger partial charge in [0.15, 0.2) is 5.96 Å². The van der Waals surface area contributed by atoms with E-state index < -0.39 is 0 Å². The summed E-state index contributed by atoms with van der Waals surface area (Å²) in [7, 11) is 0. The summed E-state index contributed by atoms with van der Waals surface area (Å²) in [5.41, 5.74) is 7.02. The van der Waals surface area contributed by atoms with Gasteiger partial charge in [0.1, 0.15) is 12.4 Å². The number of aliphatic imine (C=N–C) groups is 1. The molecule has 0 spiro atoms. The highest BCUT2D eigenvalue weighted by Crippen LogP contribution is 2.06. The fraction of sp³-hybridized carbons (Fsp3) is 0.333. The van der Waals surface area contributed by atoms with E-state index in [9.17, 15) is 0 Å². The lowest BCUT2D eigenvalue weighted by molar-refractivity contribution is 0.720. The molecule has 0 unspecified atom stereocenters. The van der Waals surface area contributed by atoms with Crippen molar-refractivity contribution >= 4 is 29.9 Å². The molecule has 1 aromatic heterocycles. The summed E-state index contributed by atoms with van der Waals surface area (Å²) in [6, 6.07) is 10.3. The van der Waals surface area contributed by atoms with Gasteiger partial charge in [-0.2, -0.15) is 0 Å². The Morgan fingerprint density at radius 1 is 1.33 bits per heavy atom. The summed E-state index contributed by atoms with van der Waals surface area (Å²) >= 11 is 0. The van der Waals surface area contributed by atoms with Gasteiger partial charge in [-0.3, -0.25) is 0 Å². The second kappa shape index (κ2) is 9.38. The van der Waals surface area contributed by atoms with Gasteiger partial charge >= 0.3 is 0 Å². The average molecular weight is 399 g/mol. The quantitative estimate of drug-likeness (QED) is 0.445. The van der Waals surface area contributed by atoms with Crippen LogP contribution in [0, 0.1) is 0 Å². The Hall–Kier alpha value is -1.57. The van der Waals surface area contributed by atoms with Crippen molar-refractivity contribution in [3.8, 4) is 0 Å². The molecular weight excluding hydrogens is 377 g/mol. The summed E-state index contributed by atoms with van der Waals surface area (Å²) in [6.07, 6.45) is 4.79. The Kier molecular flexibility index (Phi) is 7.81. The van der Waals surface area contributed by atoms with Crippen LogP contribution in [0.15, 0.2) is 47.7 Å². The van der Waals surface area contributed by atoms with E-state index in [-0.39, 0.29) is 24.0 Å². The fourth-order valence-corrected chi connectivity index (χ4v) is 1.88. The topological polar surface area (TPSA) is 68.2 Å². The molecule has 0 aliphatic carbocycles. The molecular formula is C15H22IN5. The molecule has 0 fully saturated rings. The number of hydrogen-bond donors (Lipinski definition) is 2. The number of nitrogens with two attached hydrogens (primary N) is 1. The number of halogens is 1. The maximum Gasteiger partial charge on any atom is 0.189 e. The number of imidazole rings is 1. The Balaban J connectivity index is 0.00000220. The van der Waals surface area contributed by atoms with Crippen LogP contribution in [0.5, 0.6) is 0 Å². The molecule has 1 heterocycles. The van der Waals surface area contributed by atoms with Gasteiger partial charge < -0.3 is 15.6 Å². The van der Waals surface area contributed by atoms with Crippen molar-refractivity contribution in [1.82, 2.24) is 14.9 Å². The van der Waals surface area contributed by atoms with Crippen molar-refractivity contribution in [2.24, 2.45) is 10.7 Å². The van der Waals surface area contributed by atoms with Gasteiger partial charge in [-0.05, 0) is 12.0 Å². The highest BCUT2D eigenvalue weighted by atomic mass is 127. The van der Waals surface area contributed by atoms with Crippen LogP contribution in [0.1, 0.15) is 24.7 Å². The van der Waals surface area contributed by atoms with Crippen LogP contribution in [-0.4, -0.2) is 22.1 Å². The summed E-state index contributed by atoms with van der Waals surface area (Å²) in [5.74, 6) is 1.39. The summed E-state index contributed by atoms with van der Waals surface area (Å²) < 4.78 is 2.09. The van der Waals surface area contributed by atoms with Gasteiger partial charge in [-0.15, -0.1) is 24.0 Å². The van der Waals surface area contributed by atoms with Crippen molar-refractivity contribution in [1.29, 1.82) is 0 Å². The van der Waals surface area contributed by atoms with E-state index in [0.29, 0.717) is 12.5 Å². The first-order valence-corrected chi connectivity index (χ1v) is 6.87. The molecule has 0 atom stereocenters. The molecule has 0 radical (unpaired) electrons. The van der Waals surface area contributed by atoms with Crippen LogP contribution in [-0.2, 0) is 13.1 Å². The fourth-order valence-electron chi connectivity index (χ4n) is 1.88. The highest BCUT2D eigenvalue weighted by molar-refractivity contribution is 14.0. The van der Waals surface area contributed by atoms with Gasteiger partial charge in [-0.1, -0.05) is 37.3 Å². The number of guanidine groups is 1. The largest absolute Gasteiger partial charge is 0.370 e. The van der Waals surface area contributed by atoms with Crippen LogP contribution in [0.3, 0.4) is 0 Å². The first-order valence-electron chi connectivity index (χ1n) is 6.87. The third-order valence-electron chi connectivity index (χ3n) is 2.94. The number of hydrogen-bond acceptors (Lipinski definition) is 2. The molecule has 0 aliphatic heterocycles. The SMILES string of the molecule is CCCNC(N)=NCc1nccn1Cc1ccccc1.I. The molecule has 1 aromatic carbocycles. The van der Waals surface area contributed by atoms with Gasteiger partial charge in [-0.25, -0.2) is 9.98 Å². The van der Waals surface area contributed by atoms with Crippen molar-refractivity contribution < 1.29 is 0 Å². The number of benzene rings is 1. The predicted molar refractivity (Wildman–Crippen MR) is 96.8 cm³/mol. The number of aromatic nitrogens is 2. The molecule has 5 nitrogen and oxygen atoms in total. The van der Waals surface area contributed by atoms with E-state index in [1.807, 2.05) is 24.4 Å². The second-order valence-electron chi connectivity index (χ2n) is 4.59. The van der Waals surface area contributed by atoms with Gasteiger partial charge in [0, 0.05) is 25.5 Å². The van der Waals surface area contributed by atoms with Crippen LogP contribution in [0.4, 0.5) is 0 Å². The smallest absolute Gasteiger partial charge is 0.189 e. The van der Waals surface area contributed by atoms with Gasteiger partial charge in [0.2, 0.25) is 0 Å². The number of nitrogens with one attached hydrogen (secondary N) is 1. The van der Waals surface area contributed by atoms with E-state index >= 15 is 0 Å². The molecule has 3 N–H and O–H groups in total. The molecule has 6 heteroatoms. The third-order valence-corrected chi connectivity index (χ3v) is 2.94. The number of nitrogens with zero attached hydrogens (tertiary/aromatic N) is 3. The lowest BCUT2D eigenvalue weighted by Gasteiger charge is -2.07. The highest BCUT2D eigenvalue weighted by Gasteiger charge is 2.03. The summed E-state index contributed by atoms with van der Waals surface area (Å²) in [5, 5.41) is 3.05. The Labute approximate surface area is 142 Å². The van der Waals surface area contributed by atoms with E-state index in [2.05, 4.69) is 38.9 Å².